The molecule has 54 valence electrons. The smallest absolute Gasteiger partial charge is 0.122 e. The van der Waals surface area contributed by atoms with E-state index < -0.39 is 6.17 Å². The van der Waals surface area contributed by atoms with Gasteiger partial charge in [0.25, 0.3) is 0 Å². The molecule has 0 saturated heterocycles. The molecule has 1 unspecified atom stereocenters. The lowest BCUT2D eigenvalue weighted by molar-refractivity contribution is 0.374. The summed E-state index contributed by atoms with van der Waals surface area (Å²) in [5.41, 5.74) is 1.56. The maximum absolute atomic E-state index is 12.6. The van der Waals surface area contributed by atoms with Gasteiger partial charge in [0.05, 0.1) is 0 Å². The third-order valence-electron chi connectivity index (χ3n) is 1.38. The first-order valence-corrected chi connectivity index (χ1v) is 3.27. The first-order chi connectivity index (χ1) is 4.70. The fourth-order valence-electron chi connectivity index (χ4n) is 0.815. The molecule has 0 N–H and O–H groups in total. The van der Waals surface area contributed by atoms with E-state index in [0.29, 0.717) is 5.56 Å². The Kier molecular flexibility index (Phi) is 2.00. The summed E-state index contributed by atoms with van der Waals surface area (Å²) >= 11 is 0. The molecule has 0 spiro atoms. The third kappa shape index (κ3) is 1.53. The topological polar surface area (TPSA) is 12.9 Å². The monoisotopic (exact) mass is 139 g/mol. The molecule has 0 radical (unpaired) electrons. The Balaban J connectivity index is 2.96. The molecule has 0 aliphatic rings. The van der Waals surface area contributed by atoms with E-state index in [1.54, 1.807) is 18.3 Å². The molecule has 1 aromatic rings. The molecule has 1 rings (SSSR count). The second kappa shape index (κ2) is 2.78. The van der Waals surface area contributed by atoms with Crippen molar-refractivity contribution in [1.82, 2.24) is 4.98 Å². The van der Waals surface area contributed by atoms with Gasteiger partial charge in [-0.2, -0.15) is 0 Å². The Morgan fingerprint density at radius 1 is 1.60 bits per heavy atom. The highest BCUT2D eigenvalue weighted by Crippen LogP contribution is 2.15. The SMILES string of the molecule is Cc1cc(C(C)F)ccn1. The summed E-state index contributed by atoms with van der Waals surface area (Å²) in [5.74, 6) is 0. The van der Waals surface area contributed by atoms with Gasteiger partial charge in [-0.25, -0.2) is 4.39 Å². The highest BCUT2D eigenvalue weighted by molar-refractivity contribution is 5.17. The van der Waals surface area contributed by atoms with E-state index in [1.165, 1.54) is 6.92 Å². The van der Waals surface area contributed by atoms with Gasteiger partial charge in [-0.05, 0) is 31.5 Å². The lowest BCUT2D eigenvalue weighted by Gasteiger charge is -2.00. The highest BCUT2D eigenvalue weighted by Gasteiger charge is 2.00. The van der Waals surface area contributed by atoms with E-state index in [2.05, 4.69) is 4.98 Å². The predicted molar refractivity (Wildman–Crippen MR) is 38.5 cm³/mol. The predicted octanol–water partition coefficient (Wildman–Crippen LogP) is 2.42. The first kappa shape index (κ1) is 7.19. The number of aryl methyl sites for hydroxylation is 1. The van der Waals surface area contributed by atoms with E-state index in [0.717, 1.165) is 5.69 Å². The van der Waals surface area contributed by atoms with Gasteiger partial charge in [0, 0.05) is 11.9 Å². The number of aromatic nitrogens is 1. The van der Waals surface area contributed by atoms with Gasteiger partial charge in [-0.3, -0.25) is 4.98 Å². The summed E-state index contributed by atoms with van der Waals surface area (Å²) in [5, 5.41) is 0. The van der Waals surface area contributed by atoms with Crippen LogP contribution in [0.3, 0.4) is 0 Å². The number of hydrogen-bond donors (Lipinski definition) is 0. The molecule has 0 fully saturated rings. The fraction of sp³-hybridized carbons (Fsp3) is 0.375. The van der Waals surface area contributed by atoms with Gasteiger partial charge >= 0.3 is 0 Å². The lowest BCUT2D eigenvalue weighted by Crippen LogP contribution is -1.87. The van der Waals surface area contributed by atoms with E-state index in [-0.39, 0.29) is 0 Å². The van der Waals surface area contributed by atoms with E-state index in [9.17, 15) is 4.39 Å². The second-order valence-corrected chi connectivity index (χ2v) is 2.35. The Morgan fingerprint density at radius 3 is 2.70 bits per heavy atom. The molecule has 0 bridgehead atoms. The summed E-state index contributed by atoms with van der Waals surface area (Å²) in [4.78, 5) is 3.96. The van der Waals surface area contributed by atoms with Crippen LogP contribution < -0.4 is 0 Å². The molecule has 1 heterocycles. The van der Waals surface area contributed by atoms with Gasteiger partial charge in [0.2, 0.25) is 0 Å². The van der Waals surface area contributed by atoms with Gasteiger partial charge in [0.1, 0.15) is 6.17 Å². The number of alkyl halides is 1. The lowest BCUT2D eigenvalue weighted by atomic mass is 10.2. The van der Waals surface area contributed by atoms with Crippen LogP contribution in [-0.2, 0) is 0 Å². The molecule has 0 amide bonds. The summed E-state index contributed by atoms with van der Waals surface area (Å²) in [6, 6.07) is 3.45. The minimum absolute atomic E-state index is 0.701. The number of rotatable bonds is 1. The fourth-order valence-corrected chi connectivity index (χ4v) is 0.815. The van der Waals surface area contributed by atoms with Gasteiger partial charge in [-0.15, -0.1) is 0 Å². The highest BCUT2D eigenvalue weighted by atomic mass is 19.1. The molecule has 0 aliphatic heterocycles. The van der Waals surface area contributed by atoms with Crippen LogP contribution in [0.15, 0.2) is 18.3 Å². The van der Waals surface area contributed by atoms with Crippen molar-refractivity contribution < 1.29 is 4.39 Å². The summed E-state index contributed by atoms with van der Waals surface area (Å²) < 4.78 is 12.6. The molecular weight excluding hydrogens is 129 g/mol. The van der Waals surface area contributed by atoms with Crippen molar-refractivity contribution in [3.63, 3.8) is 0 Å². The minimum Gasteiger partial charge on any atom is -0.262 e. The number of halogens is 1. The van der Waals surface area contributed by atoms with Gasteiger partial charge < -0.3 is 0 Å². The van der Waals surface area contributed by atoms with Crippen LogP contribution in [0.5, 0.6) is 0 Å². The first-order valence-electron chi connectivity index (χ1n) is 3.27. The molecular formula is C8H10FN. The summed E-state index contributed by atoms with van der Waals surface area (Å²) in [6.07, 6.45) is 0.738. The van der Waals surface area contributed by atoms with Crippen LogP contribution in [0.2, 0.25) is 0 Å². The zero-order valence-electron chi connectivity index (χ0n) is 6.13. The van der Waals surface area contributed by atoms with Crippen LogP contribution in [0.4, 0.5) is 4.39 Å². The Labute approximate surface area is 59.9 Å². The zero-order chi connectivity index (χ0) is 7.56. The normalized spacial score (nSPS) is 13.1. The van der Waals surface area contributed by atoms with Crippen molar-refractivity contribution in [1.29, 1.82) is 0 Å². The molecule has 10 heavy (non-hydrogen) atoms. The van der Waals surface area contributed by atoms with Crippen LogP contribution in [0, 0.1) is 6.92 Å². The van der Waals surface area contributed by atoms with Crippen LogP contribution in [0.1, 0.15) is 24.4 Å². The van der Waals surface area contributed by atoms with Crippen LogP contribution in [0.25, 0.3) is 0 Å². The molecule has 0 aromatic carbocycles. The number of hydrogen-bond acceptors (Lipinski definition) is 1. The van der Waals surface area contributed by atoms with Crippen molar-refractivity contribution in [3.8, 4) is 0 Å². The molecule has 1 nitrogen and oxygen atoms in total. The molecule has 1 aromatic heterocycles. The standard InChI is InChI=1S/C8H10FN/c1-6-5-8(7(2)9)3-4-10-6/h3-5,7H,1-2H3. The zero-order valence-corrected chi connectivity index (χ0v) is 6.13. The number of nitrogens with zero attached hydrogens (tertiary/aromatic N) is 1. The van der Waals surface area contributed by atoms with E-state index in [4.69, 9.17) is 0 Å². The van der Waals surface area contributed by atoms with Crippen LogP contribution in [-0.4, -0.2) is 4.98 Å². The number of pyridine rings is 1. The van der Waals surface area contributed by atoms with Crippen molar-refractivity contribution in [2.75, 3.05) is 0 Å². The average Bonchev–Trinajstić information content (AvgIpc) is 1.88. The minimum atomic E-state index is -0.887. The summed E-state index contributed by atoms with van der Waals surface area (Å²) in [7, 11) is 0. The summed E-state index contributed by atoms with van der Waals surface area (Å²) in [6.45, 7) is 3.38. The second-order valence-electron chi connectivity index (χ2n) is 2.35. The van der Waals surface area contributed by atoms with Crippen molar-refractivity contribution >= 4 is 0 Å². The molecule has 2 heteroatoms. The van der Waals surface area contributed by atoms with E-state index in [1.807, 2.05) is 6.92 Å². The Morgan fingerprint density at radius 2 is 2.30 bits per heavy atom. The van der Waals surface area contributed by atoms with Crippen molar-refractivity contribution in [3.05, 3.63) is 29.6 Å². The maximum atomic E-state index is 12.6. The van der Waals surface area contributed by atoms with Gasteiger partial charge in [-0.1, -0.05) is 0 Å². The Hall–Kier alpha value is -0.920. The van der Waals surface area contributed by atoms with E-state index >= 15 is 0 Å². The molecule has 0 aliphatic carbocycles. The van der Waals surface area contributed by atoms with Crippen molar-refractivity contribution in [2.24, 2.45) is 0 Å². The van der Waals surface area contributed by atoms with Crippen LogP contribution >= 0.6 is 0 Å². The Bertz CT molecular complexity index is 220. The average molecular weight is 139 g/mol. The molecule has 0 saturated carbocycles. The molecule has 1 atom stereocenters. The largest absolute Gasteiger partial charge is 0.262 e. The maximum Gasteiger partial charge on any atom is 0.122 e. The van der Waals surface area contributed by atoms with Gasteiger partial charge in [0.15, 0.2) is 0 Å². The third-order valence-corrected chi connectivity index (χ3v) is 1.38. The van der Waals surface area contributed by atoms with Crippen molar-refractivity contribution in [2.45, 2.75) is 20.0 Å². The quantitative estimate of drug-likeness (QED) is 0.582.